The third kappa shape index (κ3) is 3.58. The second-order valence-electron chi connectivity index (χ2n) is 3.55. The number of nitrogens with one attached hydrogen (secondary N) is 1. The van der Waals surface area contributed by atoms with E-state index >= 15 is 0 Å². The van der Waals surface area contributed by atoms with Crippen LogP contribution in [0.1, 0.15) is 23.7 Å². The molecule has 0 bridgehead atoms. The van der Waals surface area contributed by atoms with Crippen LogP contribution in [-0.4, -0.2) is 9.97 Å². The first kappa shape index (κ1) is 13.1. The molecule has 0 aromatic carbocycles. The van der Waals surface area contributed by atoms with Gasteiger partial charge < -0.3 is 5.32 Å². The van der Waals surface area contributed by atoms with Crippen LogP contribution in [0.2, 0.25) is 0 Å². The smallest absolute Gasteiger partial charge is 0.109 e. The van der Waals surface area contributed by atoms with Crippen LogP contribution in [0.3, 0.4) is 0 Å². The largest absolute Gasteiger partial charge is 0.302 e. The second kappa shape index (κ2) is 6.04. The van der Waals surface area contributed by atoms with Crippen LogP contribution in [-0.2, 0) is 6.54 Å². The van der Waals surface area contributed by atoms with Gasteiger partial charge in [-0.1, -0.05) is 0 Å². The zero-order chi connectivity index (χ0) is 12.3. The highest BCUT2D eigenvalue weighted by Crippen LogP contribution is 2.21. The van der Waals surface area contributed by atoms with Gasteiger partial charge in [-0.3, -0.25) is 4.98 Å². The lowest BCUT2D eigenvalue weighted by Gasteiger charge is -2.11. The number of pyridine rings is 1. The second-order valence-corrected chi connectivity index (χ2v) is 6.25. The van der Waals surface area contributed by atoms with Crippen molar-refractivity contribution in [3.8, 4) is 0 Å². The maximum absolute atomic E-state index is 4.36. The molecular formula is C11H11Br2N3S. The summed E-state index contributed by atoms with van der Waals surface area (Å²) in [5, 5.41) is 6.48. The average Bonchev–Trinajstić information content (AvgIpc) is 2.81. The molecule has 1 unspecified atom stereocenters. The first-order valence-corrected chi connectivity index (χ1v) is 7.56. The van der Waals surface area contributed by atoms with Crippen LogP contribution in [0.5, 0.6) is 0 Å². The van der Waals surface area contributed by atoms with E-state index in [1.807, 2.05) is 17.6 Å². The molecule has 0 aliphatic carbocycles. The van der Waals surface area contributed by atoms with E-state index in [1.165, 1.54) is 0 Å². The molecule has 1 N–H and O–H groups in total. The minimum Gasteiger partial charge on any atom is -0.302 e. The summed E-state index contributed by atoms with van der Waals surface area (Å²) in [6, 6.07) is 2.24. The summed E-state index contributed by atoms with van der Waals surface area (Å²) in [7, 11) is 0. The molecule has 2 rings (SSSR count). The Bertz CT molecular complexity index is 487. The van der Waals surface area contributed by atoms with Gasteiger partial charge in [0.1, 0.15) is 5.01 Å². The molecule has 2 aromatic heterocycles. The van der Waals surface area contributed by atoms with Crippen molar-refractivity contribution in [3.05, 3.63) is 43.5 Å². The highest BCUT2D eigenvalue weighted by molar-refractivity contribution is 9.11. The van der Waals surface area contributed by atoms with E-state index in [1.54, 1.807) is 17.5 Å². The van der Waals surface area contributed by atoms with E-state index < -0.39 is 0 Å². The standard InChI is InChI=1S/C11H11Br2N3S/c1-7(11-14-2-3-17-11)15-6-10-9(13)4-8(12)5-16-10/h2-5,7,15H,6H2,1H3. The minimum absolute atomic E-state index is 0.243. The van der Waals surface area contributed by atoms with Gasteiger partial charge in [0.2, 0.25) is 0 Å². The van der Waals surface area contributed by atoms with Gasteiger partial charge in [0.15, 0.2) is 0 Å². The Hall–Kier alpha value is -0.300. The Morgan fingerprint density at radius 2 is 2.24 bits per heavy atom. The number of aromatic nitrogens is 2. The summed E-state index contributed by atoms with van der Waals surface area (Å²) in [5.41, 5.74) is 0.997. The minimum atomic E-state index is 0.243. The number of hydrogen-bond acceptors (Lipinski definition) is 4. The quantitative estimate of drug-likeness (QED) is 0.878. The van der Waals surface area contributed by atoms with Gasteiger partial charge >= 0.3 is 0 Å². The third-order valence-electron chi connectivity index (χ3n) is 2.28. The SMILES string of the molecule is CC(NCc1ncc(Br)cc1Br)c1nccs1. The third-order valence-corrected chi connectivity index (χ3v) is 4.36. The van der Waals surface area contributed by atoms with Crippen molar-refractivity contribution in [2.24, 2.45) is 0 Å². The molecule has 2 heterocycles. The Morgan fingerprint density at radius 1 is 1.41 bits per heavy atom. The van der Waals surface area contributed by atoms with Crippen molar-refractivity contribution in [1.82, 2.24) is 15.3 Å². The molecule has 0 aliphatic rings. The van der Waals surface area contributed by atoms with E-state index in [4.69, 9.17) is 0 Å². The Kier molecular flexibility index (Phi) is 4.67. The van der Waals surface area contributed by atoms with Crippen molar-refractivity contribution in [2.45, 2.75) is 19.5 Å². The first-order valence-electron chi connectivity index (χ1n) is 5.09. The molecule has 3 nitrogen and oxygen atoms in total. The van der Waals surface area contributed by atoms with E-state index in [2.05, 4.69) is 54.1 Å². The Morgan fingerprint density at radius 3 is 2.88 bits per heavy atom. The molecule has 90 valence electrons. The fourth-order valence-corrected chi connectivity index (χ4v) is 3.16. The predicted molar refractivity (Wildman–Crippen MR) is 77.0 cm³/mol. The van der Waals surface area contributed by atoms with Crippen LogP contribution >= 0.6 is 43.2 Å². The van der Waals surface area contributed by atoms with Crippen LogP contribution < -0.4 is 5.32 Å². The van der Waals surface area contributed by atoms with Gasteiger partial charge in [-0.25, -0.2) is 4.98 Å². The van der Waals surface area contributed by atoms with Crippen molar-refractivity contribution in [3.63, 3.8) is 0 Å². The topological polar surface area (TPSA) is 37.8 Å². The number of halogens is 2. The molecule has 0 spiro atoms. The zero-order valence-corrected chi connectivity index (χ0v) is 13.1. The number of thiazole rings is 1. The number of nitrogens with zero attached hydrogens (tertiary/aromatic N) is 2. The summed E-state index contributed by atoms with van der Waals surface area (Å²) in [5.74, 6) is 0. The molecule has 0 radical (unpaired) electrons. The normalized spacial score (nSPS) is 12.6. The number of hydrogen-bond donors (Lipinski definition) is 1. The highest BCUT2D eigenvalue weighted by atomic mass is 79.9. The summed E-state index contributed by atoms with van der Waals surface area (Å²) >= 11 is 8.55. The molecule has 0 aliphatic heterocycles. The molecule has 17 heavy (non-hydrogen) atoms. The molecule has 0 saturated heterocycles. The van der Waals surface area contributed by atoms with E-state index in [9.17, 15) is 0 Å². The lowest BCUT2D eigenvalue weighted by Crippen LogP contribution is -2.18. The molecule has 6 heteroatoms. The van der Waals surface area contributed by atoms with E-state index in [0.29, 0.717) is 6.54 Å². The van der Waals surface area contributed by atoms with E-state index in [0.717, 1.165) is 19.6 Å². The van der Waals surface area contributed by atoms with Gasteiger partial charge in [-0.2, -0.15) is 0 Å². The molecule has 0 fully saturated rings. The maximum atomic E-state index is 4.36. The van der Waals surface area contributed by atoms with E-state index in [-0.39, 0.29) is 6.04 Å². The van der Waals surface area contributed by atoms with Crippen LogP contribution in [0.25, 0.3) is 0 Å². The Balaban J connectivity index is 1.98. The summed E-state index contributed by atoms with van der Waals surface area (Å²) in [6.07, 6.45) is 3.63. The first-order chi connectivity index (χ1) is 8.16. The molecule has 1 atom stereocenters. The molecule has 0 saturated carbocycles. The van der Waals surface area contributed by atoms with Gasteiger partial charge in [-0.05, 0) is 44.8 Å². The monoisotopic (exact) mass is 375 g/mol. The van der Waals surface area contributed by atoms with Gasteiger partial charge in [-0.15, -0.1) is 11.3 Å². The van der Waals surface area contributed by atoms with Crippen molar-refractivity contribution in [1.29, 1.82) is 0 Å². The summed E-state index contributed by atoms with van der Waals surface area (Å²) in [6.45, 7) is 2.82. The fourth-order valence-electron chi connectivity index (χ4n) is 1.36. The van der Waals surface area contributed by atoms with Crippen LogP contribution in [0, 0.1) is 0 Å². The number of rotatable bonds is 4. The highest BCUT2D eigenvalue weighted by Gasteiger charge is 2.09. The fraction of sp³-hybridized carbons (Fsp3) is 0.273. The van der Waals surface area contributed by atoms with Gasteiger partial charge in [0, 0.05) is 33.3 Å². The summed E-state index contributed by atoms with van der Waals surface area (Å²) < 4.78 is 1.98. The molecule has 2 aromatic rings. The summed E-state index contributed by atoms with van der Waals surface area (Å²) in [4.78, 5) is 8.64. The average molecular weight is 377 g/mol. The predicted octanol–water partition coefficient (Wildman–Crippen LogP) is 3.91. The van der Waals surface area contributed by atoms with Crippen LogP contribution in [0.4, 0.5) is 0 Å². The maximum Gasteiger partial charge on any atom is 0.109 e. The zero-order valence-electron chi connectivity index (χ0n) is 9.15. The van der Waals surface area contributed by atoms with Crippen LogP contribution in [0.15, 0.2) is 32.8 Å². The lowest BCUT2D eigenvalue weighted by molar-refractivity contribution is 0.564. The van der Waals surface area contributed by atoms with Crippen molar-refractivity contribution < 1.29 is 0 Å². The van der Waals surface area contributed by atoms with Gasteiger partial charge in [0.25, 0.3) is 0 Å². The molecule has 0 amide bonds. The van der Waals surface area contributed by atoms with Crippen molar-refractivity contribution in [2.75, 3.05) is 0 Å². The Labute approximate surface area is 121 Å². The van der Waals surface area contributed by atoms with Crippen molar-refractivity contribution >= 4 is 43.2 Å². The van der Waals surface area contributed by atoms with Gasteiger partial charge in [0.05, 0.1) is 11.7 Å². The lowest BCUT2D eigenvalue weighted by atomic mass is 10.3. The molecular weight excluding hydrogens is 366 g/mol.